The van der Waals surface area contributed by atoms with Gasteiger partial charge >= 0.3 is 0 Å². The molecule has 1 amide bonds. The summed E-state index contributed by atoms with van der Waals surface area (Å²) in [6, 6.07) is 10.1. The fraction of sp³-hybridized carbons (Fsp3) is 0.292. The highest BCUT2D eigenvalue weighted by atomic mass is 32.2. The van der Waals surface area contributed by atoms with E-state index in [4.69, 9.17) is 0 Å². The molecule has 2 aromatic rings. The van der Waals surface area contributed by atoms with Crippen LogP contribution in [0.25, 0.3) is 17.2 Å². The third-order valence-corrected chi connectivity index (χ3v) is 5.45. The van der Waals surface area contributed by atoms with Gasteiger partial charge in [-0.05, 0) is 57.9 Å². The summed E-state index contributed by atoms with van der Waals surface area (Å²) in [7, 11) is -3.48. The number of nitrogens with one attached hydrogen (secondary N) is 2. The molecule has 0 aliphatic rings. The van der Waals surface area contributed by atoms with Crippen LogP contribution >= 0.6 is 0 Å². The van der Waals surface area contributed by atoms with Crippen LogP contribution in [0.5, 0.6) is 0 Å². The van der Waals surface area contributed by atoms with Crippen molar-refractivity contribution in [3.63, 3.8) is 0 Å². The topological polar surface area (TPSA) is 75.3 Å². The predicted molar refractivity (Wildman–Crippen MR) is 126 cm³/mol. The average molecular weight is 427 g/mol. The lowest BCUT2D eigenvalue weighted by molar-refractivity contribution is -0.116. The molecule has 160 valence electrons. The monoisotopic (exact) mass is 426 g/mol. The zero-order valence-corrected chi connectivity index (χ0v) is 19.1. The Bertz CT molecular complexity index is 1080. The van der Waals surface area contributed by atoms with Gasteiger partial charge in [0.25, 0.3) is 0 Å². The zero-order valence-electron chi connectivity index (χ0n) is 18.3. The van der Waals surface area contributed by atoms with Gasteiger partial charge in [0.05, 0.1) is 11.9 Å². The molecule has 0 aliphatic carbocycles. The Morgan fingerprint density at radius 3 is 2.20 bits per heavy atom. The Labute approximate surface area is 180 Å². The van der Waals surface area contributed by atoms with E-state index in [1.807, 2.05) is 25.1 Å². The Hall–Kier alpha value is -2.86. The van der Waals surface area contributed by atoms with Crippen LogP contribution in [0.3, 0.4) is 0 Å². The maximum atomic E-state index is 11.9. The van der Waals surface area contributed by atoms with E-state index in [1.165, 1.54) is 11.6 Å². The molecule has 0 atom stereocenters. The van der Waals surface area contributed by atoms with Crippen LogP contribution in [0.2, 0.25) is 0 Å². The van der Waals surface area contributed by atoms with Crippen molar-refractivity contribution < 1.29 is 13.2 Å². The van der Waals surface area contributed by atoms with Crippen molar-refractivity contribution in [3.8, 4) is 11.1 Å². The number of benzene rings is 2. The molecule has 5 nitrogen and oxygen atoms in total. The number of hydrogen-bond acceptors (Lipinski definition) is 3. The maximum Gasteiger partial charge on any atom is 0.243 e. The zero-order chi connectivity index (χ0) is 22.7. The SMILES string of the molecule is C=CC(=O)NCc1cc(C=C)c(NS(C)(=O)=O)c(C)c1-c1ccc(C(C)(C)C)cc1. The molecule has 0 fully saturated rings. The predicted octanol–water partition coefficient (Wildman–Crippen LogP) is 4.78. The van der Waals surface area contributed by atoms with E-state index in [0.29, 0.717) is 11.3 Å². The first-order valence-corrected chi connectivity index (χ1v) is 11.5. The molecular formula is C24H30N2O3S. The molecule has 0 saturated heterocycles. The van der Waals surface area contributed by atoms with Crippen LogP contribution in [0.4, 0.5) is 5.69 Å². The first-order valence-electron chi connectivity index (χ1n) is 9.65. The molecular weight excluding hydrogens is 396 g/mol. The van der Waals surface area contributed by atoms with Crippen molar-refractivity contribution in [1.82, 2.24) is 5.32 Å². The van der Waals surface area contributed by atoms with Crippen LogP contribution in [-0.2, 0) is 26.8 Å². The van der Waals surface area contributed by atoms with E-state index >= 15 is 0 Å². The second kappa shape index (κ2) is 8.88. The fourth-order valence-corrected chi connectivity index (χ4v) is 3.97. The van der Waals surface area contributed by atoms with Crippen molar-refractivity contribution in [2.24, 2.45) is 0 Å². The molecule has 0 bridgehead atoms. The van der Waals surface area contributed by atoms with Gasteiger partial charge < -0.3 is 5.32 Å². The lowest BCUT2D eigenvalue weighted by Gasteiger charge is -2.22. The minimum atomic E-state index is -3.48. The molecule has 2 N–H and O–H groups in total. The Balaban J connectivity index is 2.72. The second-order valence-electron chi connectivity index (χ2n) is 8.33. The summed E-state index contributed by atoms with van der Waals surface area (Å²) in [5.41, 5.74) is 5.79. The highest BCUT2D eigenvalue weighted by Gasteiger charge is 2.19. The lowest BCUT2D eigenvalue weighted by Crippen LogP contribution is -2.21. The molecule has 0 saturated carbocycles. The second-order valence-corrected chi connectivity index (χ2v) is 10.1. The number of carbonyl (C=O) groups excluding carboxylic acids is 1. The van der Waals surface area contributed by atoms with Gasteiger partial charge in [0.15, 0.2) is 0 Å². The van der Waals surface area contributed by atoms with Crippen LogP contribution in [0.1, 0.15) is 43.0 Å². The lowest BCUT2D eigenvalue weighted by atomic mass is 9.85. The van der Waals surface area contributed by atoms with Crippen molar-refractivity contribution in [1.29, 1.82) is 0 Å². The molecule has 6 heteroatoms. The van der Waals surface area contributed by atoms with E-state index in [0.717, 1.165) is 28.5 Å². The molecule has 0 aliphatic heterocycles. The van der Waals surface area contributed by atoms with Gasteiger partial charge in [-0.2, -0.15) is 0 Å². The summed E-state index contributed by atoms with van der Waals surface area (Å²) >= 11 is 0. The number of sulfonamides is 1. The summed E-state index contributed by atoms with van der Waals surface area (Å²) < 4.78 is 26.5. The van der Waals surface area contributed by atoms with Crippen molar-refractivity contribution in [2.75, 3.05) is 11.0 Å². The quantitative estimate of drug-likeness (QED) is 0.626. The third kappa shape index (κ3) is 5.60. The van der Waals surface area contributed by atoms with Crippen molar-refractivity contribution in [2.45, 2.75) is 39.7 Å². The molecule has 0 aromatic heterocycles. The van der Waals surface area contributed by atoms with Gasteiger partial charge in [-0.25, -0.2) is 8.42 Å². The van der Waals surface area contributed by atoms with Crippen LogP contribution in [0, 0.1) is 6.92 Å². The molecule has 30 heavy (non-hydrogen) atoms. The van der Waals surface area contributed by atoms with Gasteiger partial charge in [0, 0.05) is 6.54 Å². The number of amides is 1. The van der Waals surface area contributed by atoms with Gasteiger partial charge in [0.2, 0.25) is 15.9 Å². The van der Waals surface area contributed by atoms with E-state index < -0.39 is 10.0 Å². The first-order chi connectivity index (χ1) is 13.9. The van der Waals surface area contributed by atoms with E-state index in [-0.39, 0.29) is 17.9 Å². The van der Waals surface area contributed by atoms with Gasteiger partial charge in [-0.3, -0.25) is 9.52 Å². The van der Waals surface area contributed by atoms with Crippen molar-refractivity contribution in [3.05, 3.63) is 71.8 Å². The Morgan fingerprint density at radius 2 is 1.73 bits per heavy atom. The molecule has 0 unspecified atom stereocenters. The molecule has 0 spiro atoms. The van der Waals surface area contributed by atoms with Crippen LogP contribution in [-0.4, -0.2) is 20.6 Å². The minimum absolute atomic E-state index is 0.0179. The fourth-order valence-electron chi connectivity index (χ4n) is 3.33. The summed E-state index contributed by atoms with van der Waals surface area (Å²) in [5.74, 6) is -0.278. The average Bonchev–Trinajstić information content (AvgIpc) is 2.66. The van der Waals surface area contributed by atoms with E-state index in [9.17, 15) is 13.2 Å². The normalized spacial score (nSPS) is 11.6. The molecule has 2 rings (SSSR count). The summed E-state index contributed by atoms with van der Waals surface area (Å²) in [4.78, 5) is 11.7. The summed E-state index contributed by atoms with van der Waals surface area (Å²) in [5, 5.41) is 2.81. The number of carbonyl (C=O) groups is 1. The molecule has 0 radical (unpaired) electrons. The van der Waals surface area contributed by atoms with Gasteiger partial charge in [-0.1, -0.05) is 64.3 Å². The largest absolute Gasteiger partial charge is 0.348 e. The first kappa shape index (κ1) is 23.4. The third-order valence-electron chi connectivity index (χ3n) is 4.87. The molecule has 2 aromatic carbocycles. The van der Waals surface area contributed by atoms with E-state index in [1.54, 1.807) is 6.08 Å². The smallest absolute Gasteiger partial charge is 0.243 e. The van der Waals surface area contributed by atoms with Crippen LogP contribution in [0.15, 0.2) is 49.6 Å². The number of rotatable bonds is 7. The van der Waals surface area contributed by atoms with Crippen molar-refractivity contribution >= 4 is 27.7 Å². The highest BCUT2D eigenvalue weighted by Crippen LogP contribution is 2.37. The maximum absolute atomic E-state index is 11.9. The van der Waals surface area contributed by atoms with E-state index in [2.05, 4.69) is 56.1 Å². The van der Waals surface area contributed by atoms with Gasteiger partial charge in [-0.15, -0.1) is 0 Å². The van der Waals surface area contributed by atoms with Crippen LogP contribution < -0.4 is 10.0 Å². The highest BCUT2D eigenvalue weighted by molar-refractivity contribution is 7.92. The Kier molecular flexibility index (Phi) is 6.93. The minimum Gasteiger partial charge on any atom is -0.348 e. The summed E-state index contributed by atoms with van der Waals surface area (Å²) in [6.07, 6.45) is 3.94. The number of hydrogen-bond donors (Lipinski definition) is 2. The van der Waals surface area contributed by atoms with Gasteiger partial charge in [0.1, 0.15) is 0 Å². The Morgan fingerprint density at radius 1 is 1.13 bits per heavy atom. The molecule has 0 heterocycles. The standard InChI is InChI=1S/C24H30N2O3S/c1-8-17-14-19(15-25-21(27)9-2)22(16(3)23(17)26-30(7,28)29)18-10-12-20(13-11-18)24(4,5)6/h8-14,26H,1-2,15H2,3-7H3,(H,25,27). The summed E-state index contributed by atoms with van der Waals surface area (Å²) in [6.45, 7) is 15.9. The number of anilines is 1.